The Morgan fingerprint density at radius 1 is 1.00 bits per heavy atom. The molecule has 0 heterocycles. The first-order chi connectivity index (χ1) is 10.0. The van der Waals surface area contributed by atoms with Gasteiger partial charge in [0.1, 0.15) is 17.6 Å². The van der Waals surface area contributed by atoms with E-state index in [-0.39, 0.29) is 12.1 Å². The predicted molar refractivity (Wildman–Crippen MR) is 86.5 cm³/mol. The van der Waals surface area contributed by atoms with Crippen LogP contribution in [0.4, 0.5) is 0 Å². The number of hydrogen-bond acceptors (Lipinski definition) is 3. The predicted octanol–water partition coefficient (Wildman–Crippen LogP) is 4.47. The van der Waals surface area contributed by atoms with Gasteiger partial charge in [-0.3, -0.25) is 0 Å². The van der Waals surface area contributed by atoms with E-state index < -0.39 is 0 Å². The third kappa shape index (κ3) is 4.03. The van der Waals surface area contributed by atoms with Crippen molar-refractivity contribution in [1.82, 2.24) is 0 Å². The molecule has 0 saturated carbocycles. The first kappa shape index (κ1) is 16.0. The van der Waals surface area contributed by atoms with Gasteiger partial charge in [0.05, 0.1) is 17.2 Å². The molecule has 2 aromatic carbocycles. The Kier molecular flexibility index (Phi) is 5.34. The molecule has 2 unspecified atom stereocenters. The lowest BCUT2D eigenvalue weighted by Crippen LogP contribution is -2.29. The molecule has 0 fully saturated rings. The minimum absolute atomic E-state index is 0.202. The molecule has 0 bridgehead atoms. The molecule has 0 aliphatic carbocycles. The molecule has 2 aromatic rings. The molecule has 5 heteroatoms. The summed E-state index contributed by atoms with van der Waals surface area (Å²) in [6.07, 6.45) is -0.308. The Labute approximate surface area is 134 Å². The summed E-state index contributed by atoms with van der Waals surface area (Å²) < 4.78 is 11.2. The average Bonchev–Trinajstić information content (AvgIpc) is 2.48. The molecule has 0 saturated heterocycles. The molecule has 0 spiro atoms. The van der Waals surface area contributed by atoms with Gasteiger partial charge in [-0.15, -0.1) is 0 Å². The monoisotopic (exact) mass is 325 g/mol. The summed E-state index contributed by atoms with van der Waals surface area (Å²) in [5, 5.41) is 0.936. The van der Waals surface area contributed by atoms with Crippen LogP contribution in [-0.4, -0.2) is 13.2 Å². The van der Waals surface area contributed by atoms with Crippen LogP contribution in [0.3, 0.4) is 0 Å². The van der Waals surface area contributed by atoms with Crippen LogP contribution in [0.25, 0.3) is 0 Å². The zero-order valence-electron chi connectivity index (χ0n) is 11.8. The normalized spacial score (nSPS) is 13.6. The number of halogens is 2. The number of methoxy groups -OCH3 is 1. The molecule has 0 aromatic heterocycles. The van der Waals surface area contributed by atoms with Gasteiger partial charge in [-0.2, -0.15) is 0 Å². The van der Waals surface area contributed by atoms with Crippen LogP contribution in [0.1, 0.15) is 18.6 Å². The first-order valence-corrected chi connectivity index (χ1v) is 7.28. The fraction of sp³-hybridized carbons (Fsp3) is 0.250. The van der Waals surface area contributed by atoms with Crippen molar-refractivity contribution in [2.75, 3.05) is 7.11 Å². The van der Waals surface area contributed by atoms with Gasteiger partial charge in [-0.1, -0.05) is 35.3 Å². The molecule has 3 nitrogen and oxygen atoms in total. The van der Waals surface area contributed by atoms with E-state index in [9.17, 15) is 0 Å². The van der Waals surface area contributed by atoms with Gasteiger partial charge in [0, 0.05) is 12.1 Å². The lowest BCUT2D eigenvalue weighted by atomic mass is 10.0. The molecule has 0 amide bonds. The van der Waals surface area contributed by atoms with E-state index in [2.05, 4.69) is 0 Å². The van der Waals surface area contributed by atoms with Crippen molar-refractivity contribution >= 4 is 23.2 Å². The van der Waals surface area contributed by atoms with E-state index >= 15 is 0 Å². The smallest absolute Gasteiger partial charge is 0.139 e. The average molecular weight is 326 g/mol. The van der Waals surface area contributed by atoms with Crippen molar-refractivity contribution in [2.24, 2.45) is 5.73 Å². The van der Waals surface area contributed by atoms with Crippen LogP contribution in [0, 0.1) is 0 Å². The zero-order valence-corrected chi connectivity index (χ0v) is 13.4. The quantitative estimate of drug-likeness (QED) is 0.882. The molecule has 0 aliphatic heterocycles. The van der Waals surface area contributed by atoms with Crippen LogP contribution < -0.4 is 15.2 Å². The largest absolute Gasteiger partial charge is 0.497 e. The maximum atomic E-state index is 6.05. The fourth-order valence-corrected chi connectivity index (χ4v) is 2.28. The van der Waals surface area contributed by atoms with E-state index in [0.29, 0.717) is 15.8 Å². The second kappa shape index (κ2) is 7.03. The Balaban J connectivity index is 2.28. The molecular weight excluding hydrogens is 309 g/mol. The van der Waals surface area contributed by atoms with Gasteiger partial charge >= 0.3 is 0 Å². The lowest BCUT2D eigenvalue weighted by Gasteiger charge is -2.23. The van der Waals surface area contributed by atoms with Gasteiger partial charge in [-0.25, -0.2) is 0 Å². The topological polar surface area (TPSA) is 44.5 Å². The zero-order chi connectivity index (χ0) is 15.4. The fourth-order valence-electron chi connectivity index (χ4n) is 1.99. The number of nitrogens with two attached hydrogens (primary N) is 1. The van der Waals surface area contributed by atoms with Crippen molar-refractivity contribution in [3.8, 4) is 11.5 Å². The van der Waals surface area contributed by atoms with E-state index in [1.807, 2.05) is 31.2 Å². The highest BCUT2D eigenvalue weighted by Gasteiger charge is 2.19. The number of hydrogen-bond donors (Lipinski definition) is 1. The Hall–Kier alpha value is -1.42. The highest BCUT2D eigenvalue weighted by atomic mass is 35.5. The van der Waals surface area contributed by atoms with Gasteiger partial charge < -0.3 is 15.2 Å². The minimum atomic E-state index is -0.308. The second-order valence-corrected chi connectivity index (χ2v) is 5.56. The maximum absolute atomic E-state index is 6.05. The molecule has 2 rings (SSSR count). The van der Waals surface area contributed by atoms with Crippen LogP contribution in [0.5, 0.6) is 11.5 Å². The van der Waals surface area contributed by atoms with Gasteiger partial charge in [0.25, 0.3) is 0 Å². The molecule has 112 valence electrons. The summed E-state index contributed by atoms with van der Waals surface area (Å²) in [6.45, 7) is 1.89. The first-order valence-electron chi connectivity index (χ1n) is 6.52. The van der Waals surface area contributed by atoms with Crippen molar-refractivity contribution in [3.05, 3.63) is 58.1 Å². The molecule has 0 aliphatic rings. The minimum Gasteiger partial charge on any atom is -0.497 e. The third-order valence-electron chi connectivity index (χ3n) is 3.05. The Bertz CT molecular complexity index is 617. The number of rotatable bonds is 5. The van der Waals surface area contributed by atoms with Crippen LogP contribution in [0.2, 0.25) is 10.0 Å². The van der Waals surface area contributed by atoms with E-state index in [1.165, 1.54) is 0 Å². The summed E-state index contributed by atoms with van der Waals surface area (Å²) in [4.78, 5) is 0. The van der Waals surface area contributed by atoms with Crippen molar-refractivity contribution in [2.45, 2.75) is 19.1 Å². The molecule has 0 radical (unpaired) electrons. The molecule has 2 atom stereocenters. The standard InChI is InChI=1S/C16H17Cl2NO2/c1-10(19)16(11-4-3-5-12(8-11)20-2)21-13-6-7-14(17)15(18)9-13/h3-10,16H,19H2,1-2H3. The van der Waals surface area contributed by atoms with Gasteiger partial charge in [0.15, 0.2) is 0 Å². The Morgan fingerprint density at radius 2 is 1.76 bits per heavy atom. The van der Waals surface area contributed by atoms with Gasteiger partial charge in [0.2, 0.25) is 0 Å². The third-order valence-corrected chi connectivity index (χ3v) is 3.79. The Morgan fingerprint density at radius 3 is 2.38 bits per heavy atom. The highest BCUT2D eigenvalue weighted by molar-refractivity contribution is 6.42. The van der Waals surface area contributed by atoms with E-state index in [0.717, 1.165) is 11.3 Å². The van der Waals surface area contributed by atoms with Crippen molar-refractivity contribution < 1.29 is 9.47 Å². The van der Waals surface area contributed by atoms with Gasteiger partial charge in [-0.05, 0) is 36.8 Å². The highest BCUT2D eigenvalue weighted by Crippen LogP contribution is 2.31. The van der Waals surface area contributed by atoms with Crippen molar-refractivity contribution in [1.29, 1.82) is 0 Å². The van der Waals surface area contributed by atoms with E-state index in [4.69, 9.17) is 38.4 Å². The van der Waals surface area contributed by atoms with Crippen LogP contribution in [-0.2, 0) is 0 Å². The summed E-state index contributed by atoms with van der Waals surface area (Å²) in [7, 11) is 1.62. The lowest BCUT2D eigenvalue weighted by molar-refractivity contribution is 0.180. The van der Waals surface area contributed by atoms with E-state index in [1.54, 1.807) is 25.3 Å². The SMILES string of the molecule is COc1cccc(C(Oc2ccc(Cl)c(Cl)c2)C(C)N)c1. The second-order valence-electron chi connectivity index (χ2n) is 4.75. The summed E-state index contributed by atoms with van der Waals surface area (Å²) in [5.41, 5.74) is 6.99. The van der Waals surface area contributed by atoms with Crippen LogP contribution in [0.15, 0.2) is 42.5 Å². The molecule has 2 N–H and O–H groups in total. The van der Waals surface area contributed by atoms with Crippen molar-refractivity contribution in [3.63, 3.8) is 0 Å². The summed E-state index contributed by atoms with van der Waals surface area (Å²) >= 11 is 11.9. The molecule has 21 heavy (non-hydrogen) atoms. The van der Waals surface area contributed by atoms with Crippen LogP contribution >= 0.6 is 23.2 Å². The molecular formula is C16H17Cl2NO2. The maximum Gasteiger partial charge on any atom is 0.139 e. The number of ether oxygens (including phenoxy) is 2. The summed E-state index contributed by atoms with van der Waals surface area (Å²) in [5.74, 6) is 1.38. The summed E-state index contributed by atoms with van der Waals surface area (Å²) in [6, 6.07) is 12.6. The number of benzene rings is 2.